The number of rotatable bonds is 5. The largest absolute Gasteiger partial charge is 0.403 e. The molecule has 29 heavy (non-hydrogen) atoms. The fourth-order valence-electron chi connectivity index (χ4n) is 3.69. The Balaban J connectivity index is 1.57. The number of nitrogens with two attached hydrogens (primary N) is 1. The Morgan fingerprint density at radius 3 is 2.83 bits per heavy atom. The van der Waals surface area contributed by atoms with E-state index in [4.69, 9.17) is 17.3 Å². The standard InChI is InChI=1S/C23H22ClFN2OS/c1-13-4-3-5-17(21(13)25)16-8-9-18-19(10-16)29-22(20(18)24)23(28)27-11-15(12-27)7-6-14(2)26/h3-5,8-10,15H,2,6-7,11-12,26H2,1H3. The van der Waals surface area contributed by atoms with Crippen LogP contribution in [0.4, 0.5) is 4.39 Å². The van der Waals surface area contributed by atoms with Crippen LogP contribution in [0.25, 0.3) is 21.2 Å². The van der Waals surface area contributed by atoms with E-state index in [1.165, 1.54) is 11.3 Å². The Morgan fingerprint density at radius 1 is 1.34 bits per heavy atom. The lowest BCUT2D eigenvalue weighted by Gasteiger charge is -2.39. The number of amides is 1. The summed E-state index contributed by atoms with van der Waals surface area (Å²) in [7, 11) is 0. The minimum Gasteiger partial charge on any atom is -0.403 e. The number of carbonyl (C=O) groups is 1. The molecule has 1 aliphatic rings. The van der Waals surface area contributed by atoms with E-state index in [1.54, 1.807) is 19.1 Å². The van der Waals surface area contributed by atoms with Crippen molar-refractivity contribution < 1.29 is 9.18 Å². The van der Waals surface area contributed by atoms with Crippen molar-refractivity contribution in [2.45, 2.75) is 19.8 Å². The van der Waals surface area contributed by atoms with E-state index < -0.39 is 0 Å². The Hall–Kier alpha value is -2.37. The first-order valence-corrected chi connectivity index (χ1v) is 10.7. The summed E-state index contributed by atoms with van der Waals surface area (Å²) in [6, 6.07) is 11.0. The van der Waals surface area contributed by atoms with Gasteiger partial charge in [-0.05, 0) is 42.9 Å². The molecule has 6 heteroatoms. The molecule has 150 valence electrons. The van der Waals surface area contributed by atoms with Crippen LogP contribution in [0.1, 0.15) is 28.1 Å². The molecule has 1 aromatic heterocycles. The molecular formula is C23H22ClFN2OS. The van der Waals surface area contributed by atoms with Crippen molar-refractivity contribution in [3.63, 3.8) is 0 Å². The molecule has 3 nitrogen and oxygen atoms in total. The van der Waals surface area contributed by atoms with Crippen molar-refractivity contribution in [2.75, 3.05) is 13.1 Å². The summed E-state index contributed by atoms with van der Waals surface area (Å²) in [6.45, 7) is 6.91. The maximum absolute atomic E-state index is 14.5. The minimum absolute atomic E-state index is 0.0395. The smallest absolute Gasteiger partial charge is 0.265 e. The van der Waals surface area contributed by atoms with Crippen molar-refractivity contribution in [3.05, 3.63) is 70.0 Å². The topological polar surface area (TPSA) is 46.3 Å². The summed E-state index contributed by atoms with van der Waals surface area (Å²) in [4.78, 5) is 15.3. The van der Waals surface area contributed by atoms with Gasteiger partial charge in [0.15, 0.2) is 0 Å². The maximum Gasteiger partial charge on any atom is 0.265 e. The molecule has 2 aromatic carbocycles. The number of halogens is 2. The zero-order valence-corrected chi connectivity index (χ0v) is 17.7. The van der Waals surface area contributed by atoms with Crippen LogP contribution in [0.15, 0.2) is 48.7 Å². The number of allylic oxidation sites excluding steroid dienone is 1. The van der Waals surface area contributed by atoms with Gasteiger partial charge in [-0.1, -0.05) is 48.5 Å². The van der Waals surface area contributed by atoms with Gasteiger partial charge in [0.1, 0.15) is 10.7 Å². The first kappa shape index (κ1) is 19.9. The maximum atomic E-state index is 14.5. The van der Waals surface area contributed by atoms with E-state index in [9.17, 15) is 9.18 Å². The normalized spacial score (nSPS) is 14.2. The number of benzene rings is 2. The molecule has 0 bridgehead atoms. The van der Waals surface area contributed by atoms with Crippen LogP contribution in [0, 0.1) is 18.7 Å². The molecule has 0 saturated carbocycles. The molecule has 0 unspecified atom stereocenters. The third-order valence-corrected chi connectivity index (χ3v) is 7.09. The third kappa shape index (κ3) is 3.77. The molecule has 1 aliphatic heterocycles. The average molecular weight is 429 g/mol. The summed E-state index contributed by atoms with van der Waals surface area (Å²) >= 11 is 7.90. The summed E-state index contributed by atoms with van der Waals surface area (Å²) in [6.07, 6.45) is 1.74. The van der Waals surface area contributed by atoms with Crippen LogP contribution < -0.4 is 5.73 Å². The van der Waals surface area contributed by atoms with Crippen LogP contribution in [0.3, 0.4) is 0 Å². The molecule has 2 heterocycles. The first-order chi connectivity index (χ1) is 13.8. The van der Waals surface area contributed by atoms with Crippen LogP contribution in [0.2, 0.25) is 5.02 Å². The lowest BCUT2D eigenvalue weighted by atomic mass is 9.94. The van der Waals surface area contributed by atoms with E-state index in [0.29, 0.717) is 32.6 Å². The van der Waals surface area contributed by atoms with E-state index in [1.807, 2.05) is 29.2 Å². The molecule has 3 aromatic rings. The quantitative estimate of drug-likeness (QED) is 0.542. The minimum atomic E-state index is -0.224. The second kappa shape index (κ2) is 7.81. The highest BCUT2D eigenvalue weighted by molar-refractivity contribution is 7.21. The Morgan fingerprint density at radius 2 is 2.10 bits per heavy atom. The number of fused-ring (bicyclic) bond motifs is 1. The molecule has 4 rings (SSSR count). The molecule has 1 fully saturated rings. The second-order valence-electron chi connectivity index (χ2n) is 7.67. The average Bonchev–Trinajstić information content (AvgIpc) is 2.98. The molecule has 1 saturated heterocycles. The number of nitrogens with zero attached hydrogens (tertiary/aromatic N) is 1. The van der Waals surface area contributed by atoms with Crippen molar-refractivity contribution in [1.29, 1.82) is 0 Å². The number of carbonyl (C=O) groups excluding carboxylic acids is 1. The van der Waals surface area contributed by atoms with E-state index in [-0.39, 0.29) is 11.7 Å². The second-order valence-corrected chi connectivity index (χ2v) is 9.10. The summed E-state index contributed by atoms with van der Waals surface area (Å²) in [5.41, 5.74) is 8.25. The Labute approximate surface area is 178 Å². The van der Waals surface area contributed by atoms with Crippen LogP contribution >= 0.6 is 22.9 Å². The molecule has 0 spiro atoms. The molecule has 1 amide bonds. The zero-order chi connectivity index (χ0) is 20.7. The third-order valence-electron chi connectivity index (χ3n) is 5.44. The lowest BCUT2D eigenvalue weighted by Crippen LogP contribution is -2.49. The van der Waals surface area contributed by atoms with Gasteiger partial charge in [0.2, 0.25) is 0 Å². The van der Waals surface area contributed by atoms with Gasteiger partial charge in [-0.3, -0.25) is 4.79 Å². The van der Waals surface area contributed by atoms with Gasteiger partial charge in [-0.25, -0.2) is 4.39 Å². The monoisotopic (exact) mass is 428 g/mol. The van der Waals surface area contributed by atoms with Crippen molar-refractivity contribution in [1.82, 2.24) is 4.90 Å². The van der Waals surface area contributed by atoms with Gasteiger partial charge in [0.05, 0.1) is 5.02 Å². The van der Waals surface area contributed by atoms with E-state index in [2.05, 4.69) is 6.58 Å². The predicted octanol–water partition coefficient (Wildman–Crippen LogP) is 5.99. The van der Waals surface area contributed by atoms with Crippen molar-refractivity contribution in [3.8, 4) is 11.1 Å². The van der Waals surface area contributed by atoms with Crippen LogP contribution in [0.5, 0.6) is 0 Å². The van der Waals surface area contributed by atoms with Crippen LogP contribution in [-0.4, -0.2) is 23.9 Å². The molecule has 0 atom stereocenters. The fraction of sp³-hybridized carbons (Fsp3) is 0.261. The van der Waals surface area contributed by atoms with Gasteiger partial charge in [0.25, 0.3) is 5.91 Å². The molecular weight excluding hydrogens is 407 g/mol. The number of hydrogen-bond donors (Lipinski definition) is 1. The van der Waals surface area contributed by atoms with Gasteiger partial charge in [0, 0.05) is 34.4 Å². The van der Waals surface area contributed by atoms with Gasteiger partial charge >= 0.3 is 0 Å². The highest BCUT2D eigenvalue weighted by Crippen LogP contribution is 2.39. The van der Waals surface area contributed by atoms with Crippen LogP contribution in [-0.2, 0) is 0 Å². The number of hydrogen-bond acceptors (Lipinski definition) is 3. The SMILES string of the molecule is C=C(N)CCC1CN(C(=O)c2sc3cc(-c4cccc(C)c4F)ccc3c2Cl)C1. The number of likely N-dealkylation sites (tertiary alicyclic amines) is 1. The van der Waals surface area contributed by atoms with E-state index >= 15 is 0 Å². The van der Waals surface area contributed by atoms with Gasteiger partial charge in [-0.15, -0.1) is 11.3 Å². The van der Waals surface area contributed by atoms with Crippen molar-refractivity contribution in [2.24, 2.45) is 11.7 Å². The Kier molecular flexibility index (Phi) is 5.36. The highest BCUT2D eigenvalue weighted by Gasteiger charge is 2.33. The van der Waals surface area contributed by atoms with Gasteiger partial charge in [-0.2, -0.15) is 0 Å². The molecule has 0 aliphatic carbocycles. The molecule has 2 N–H and O–H groups in total. The van der Waals surface area contributed by atoms with E-state index in [0.717, 1.165) is 41.6 Å². The number of aryl methyl sites for hydroxylation is 1. The number of thiophene rings is 1. The summed E-state index contributed by atoms with van der Waals surface area (Å²) in [5.74, 6) is 0.197. The first-order valence-electron chi connectivity index (χ1n) is 9.55. The zero-order valence-electron chi connectivity index (χ0n) is 16.2. The highest BCUT2D eigenvalue weighted by atomic mass is 35.5. The molecule has 0 radical (unpaired) electrons. The fourth-order valence-corrected chi connectivity index (χ4v) is 5.21. The van der Waals surface area contributed by atoms with Gasteiger partial charge < -0.3 is 10.6 Å². The van der Waals surface area contributed by atoms with Crippen molar-refractivity contribution >= 4 is 38.9 Å². The lowest BCUT2D eigenvalue weighted by molar-refractivity contribution is 0.0491. The Bertz CT molecular complexity index is 1120. The summed E-state index contributed by atoms with van der Waals surface area (Å²) < 4.78 is 15.4. The predicted molar refractivity (Wildman–Crippen MR) is 119 cm³/mol. The summed E-state index contributed by atoms with van der Waals surface area (Å²) in [5, 5.41) is 1.30.